The molecule has 5 heteroatoms. The Morgan fingerprint density at radius 2 is 1.64 bits per heavy atom. The van der Waals surface area contributed by atoms with Crippen LogP contribution in [0.3, 0.4) is 0 Å². The Kier molecular flexibility index (Phi) is 6.50. The molecule has 0 aliphatic rings. The lowest BCUT2D eigenvalue weighted by molar-refractivity contribution is -0.123. The molecule has 0 bridgehead atoms. The first kappa shape index (κ1) is 19.7. The Labute approximate surface area is 166 Å². The minimum absolute atomic E-state index is 0.0490. The molecule has 144 valence electrons. The van der Waals surface area contributed by atoms with Crippen LogP contribution in [0.25, 0.3) is 0 Å². The second-order valence-corrected chi connectivity index (χ2v) is 7.04. The molecule has 5 nitrogen and oxygen atoms in total. The van der Waals surface area contributed by atoms with Gasteiger partial charge in [-0.25, -0.2) is 0 Å². The Balaban J connectivity index is 1.81. The molecule has 3 aromatic rings. The number of aryl methyl sites for hydroxylation is 3. The summed E-state index contributed by atoms with van der Waals surface area (Å²) in [6.07, 6.45) is 7.02. The third-order valence-electron chi connectivity index (χ3n) is 4.90. The summed E-state index contributed by atoms with van der Waals surface area (Å²) in [5, 5.41) is 6.46. The van der Waals surface area contributed by atoms with Gasteiger partial charge in [-0.1, -0.05) is 18.2 Å². The summed E-state index contributed by atoms with van der Waals surface area (Å²) in [4.78, 5) is 21.3. The zero-order valence-corrected chi connectivity index (χ0v) is 16.6. The molecule has 0 aliphatic carbocycles. The molecule has 2 N–H and O–H groups in total. The predicted molar refractivity (Wildman–Crippen MR) is 111 cm³/mol. The number of nitrogens with zero attached hydrogens (tertiary/aromatic N) is 2. The summed E-state index contributed by atoms with van der Waals surface area (Å²) in [6.45, 7) is 7.25. The molecular weight excluding hydrogens is 348 g/mol. The summed E-state index contributed by atoms with van der Waals surface area (Å²) in [6, 6.07) is 11.5. The molecule has 0 saturated heterocycles. The van der Waals surface area contributed by atoms with Gasteiger partial charge in [-0.15, -0.1) is 0 Å². The Morgan fingerprint density at radius 1 is 0.893 bits per heavy atom. The highest BCUT2D eigenvalue weighted by Crippen LogP contribution is 2.23. The van der Waals surface area contributed by atoms with E-state index in [0.717, 1.165) is 22.3 Å². The van der Waals surface area contributed by atoms with Crippen LogP contribution in [0.4, 0.5) is 0 Å². The Hall–Kier alpha value is -3.05. The fourth-order valence-corrected chi connectivity index (χ4v) is 3.15. The van der Waals surface area contributed by atoms with Crippen LogP contribution in [0, 0.1) is 20.8 Å². The van der Waals surface area contributed by atoms with Crippen molar-refractivity contribution in [2.24, 2.45) is 0 Å². The molecule has 1 amide bonds. The van der Waals surface area contributed by atoms with Crippen molar-refractivity contribution in [1.82, 2.24) is 20.6 Å². The predicted octanol–water partition coefficient (Wildman–Crippen LogP) is 3.55. The molecule has 0 saturated carbocycles. The summed E-state index contributed by atoms with van der Waals surface area (Å²) in [5.74, 6) is -0.0490. The molecular formula is C23H26N4O. The van der Waals surface area contributed by atoms with Gasteiger partial charge in [-0.05, 0) is 72.4 Å². The minimum Gasteiger partial charge on any atom is -0.350 e. The maximum atomic E-state index is 13.1. The number of carbonyl (C=O) groups is 1. The molecule has 3 rings (SSSR count). The highest BCUT2D eigenvalue weighted by Gasteiger charge is 2.22. The second-order valence-electron chi connectivity index (χ2n) is 7.04. The maximum Gasteiger partial charge on any atom is 0.242 e. The molecule has 28 heavy (non-hydrogen) atoms. The van der Waals surface area contributed by atoms with E-state index in [0.29, 0.717) is 13.1 Å². The monoisotopic (exact) mass is 374 g/mol. The fraction of sp³-hybridized carbons (Fsp3) is 0.261. The van der Waals surface area contributed by atoms with Gasteiger partial charge in [0.1, 0.15) is 6.04 Å². The van der Waals surface area contributed by atoms with Crippen molar-refractivity contribution in [1.29, 1.82) is 0 Å². The first-order valence-corrected chi connectivity index (χ1v) is 9.41. The summed E-state index contributed by atoms with van der Waals surface area (Å²) in [7, 11) is 0. The highest BCUT2D eigenvalue weighted by molar-refractivity contribution is 5.83. The van der Waals surface area contributed by atoms with Gasteiger partial charge in [0.2, 0.25) is 5.91 Å². The standard InChI is InChI=1S/C23H26N4O/c1-16-11-18(3)21(12-17(16)2)22(26-15-20-5-4-8-25-13-20)23(28)27-14-19-6-9-24-10-7-19/h4-13,22,26H,14-15H2,1-3H3,(H,27,28)/t22-/m0/s1. The van der Waals surface area contributed by atoms with Crippen molar-refractivity contribution in [2.75, 3.05) is 0 Å². The van der Waals surface area contributed by atoms with E-state index < -0.39 is 6.04 Å². The zero-order chi connectivity index (χ0) is 19.9. The van der Waals surface area contributed by atoms with Gasteiger partial charge in [-0.2, -0.15) is 0 Å². The van der Waals surface area contributed by atoms with Crippen molar-refractivity contribution in [2.45, 2.75) is 39.9 Å². The lowest BCUT2D eigenvalue weighted by Gasteiger charge is -2.22. The Bertz CT molecular complexity index is 926. The van der Waals surface area contributed by atoms with E-state index in [1.165, 1.54) is 11.1 Å². The Morgan fingerprint density at radius 3 is 2.36 bits per heavy atom. The quantitative estimate of drug-likeness (QED) is 0.664. The van der Waals surface area contributed by atoms with Crippen LogP contribution in [0.1, 0.15) is 39.4 Å². The van der Waals surface area contributed by atoms with Crippen molar-refractivity contribution in [3.63, 3.8) is 0 Å². The van der Waals surface area contributed by atoms with E-state index >= 15 is 0 Å². The molecule has 2 aromatic heterocycles. The van der Waals surface area contributed by atoms with E-state index in [1.807, 2.05) is 30.5 Å². The summed E-state index contributed by atoms with van der Waals surface area (Å²) < 4.78 is 0. The van der Waals surface area contributed by atoms with Crippen LogP contribution in [-0.2, 0) is 17.9 Å². The van der Waals surface area contributed by atoms with Crippen LogP contribution in [0.5, 0.6) is 0 Å². The van der Waals surface area contributed by atoms with E-state index in [-0.39, 0.29) is 5.91 Å². The number of rotatable bonds is 7. The second kappa shape index (κ2) is 9.24. The number of hydrogen-bond donors (Lipinski definition) is 2. The van der Waals surface area contributed by atoms with Crippen LogP contribution in [0.15, 0.2) is 61.2 Å². The smallest absolute Gasteiger partial charge is 0.242 e. The maximum absolute atomic E-state index is 13.1. The average molecular weight is 374 g/mol. The van der Waals surface area contributed by atoms with Crippen molar-refractivity contribution < 1.29 is 4.79 Å². The minimum atomic E-state index is -0.443. The SMILES string of the molecule is Cc1cc(C)c([C@H](NCc2cccnc2)C(=O)NCc2ccncc2)cc1C. The van der Waals surface area contributed by atoms with Gasteiger partial charge in [0.05, 0.1) is 0 Å². The lowest BCUT2D eigenvalue weighted by Crippen LogP contribution is -2.37. The van der Waals surface area contributed by atoms with Crippen LogP contribution >= 0.6 is 0 Å². The molecule has 0 aliphatic heterocycles. The molecule has 0 unspecified atom stereocenters. The van der Waals surface area contributed by atoms with Crippen LogP contribution in [-0.4, -0.2) is 15.9 Å². The summed E-state index contributed by atoms with van der Waals surface area (Å²) >= 11 is 0. The van der Waals surface area contributed by atoms with Gasteiger partial charge >= 0.3 is 0 Å². The molecule has 0 fully saturated rings. The van der Waals surface area contributed by atoms with Crippen molar-refractivity contribution in [3.8, 4) is 0 Å². The van der Waals surface area contributed by atoms with Crippen molar-refractivity contribution >= 4 is 5.91 Å². The molecule has 0 radical (unpaired) electrons. The molecule has 0 spiro atoms. The van der Waals surface area contributed by atoms with E-state index in [1.54, 1.807) is 18.6 Å². The molecule has 2 heterocycles. The zero-order valence-electron chi connectivity index (χ0n) is 16.6. The van der Waals surface area contributed by atoms with E-state index in [9.17, 15) is 4.79 Å². The van der Waals surface area contributed by atoms with Gasteiger partial charge in [0.25, 0.3) is 0 Å². The lowest BCUT2D eigenvalue weighted by atomic mass is 9.95. The molecule has 1 aromatic carbocycles. The number of amides is 1. The normalized spacial score (nSPS) is 11.8. The topological polar surface area (TPSA) is 66.9 Å². The largest absolute Gasteiger partial charge is 0.350 e. The number of carbonyl (C=O) groups excluding carboxylic acids is 1. The van der Waals surface area contributed by atoms with E-state index in [4.69, 9.17) is 0 Å². The number of hydrogen-bond acceptors (Lipinski definition) is 4. The first-order chi connectivity index (χ1) is 13.5. The number of aromatic nitrogens is 2. The third-order valence-corrected chi connectivity index (χ3v) is 4.90. The average Bonchev–Trinajstić information content (AvgIpc) is 2.71. The van der Waals surface area contributed by atoms with Gasteiger partial charge in [0, 0.05) is 37.9 Å². The number of nitrogens with one attached hydrogen (secondary N) is 2. The van der Waals surface area contributed by atoms with Gasteiger partial charge in [-0.3, -0.25) is 20.1 Å². The van der Waals surface area contributed by atoms with Crippen LogP contribution in [0.2, 0.25) is 0 Å². The first-order valence-electron chi connectivity index (χ1n) is 9.41. The highest BCUT2D eigenvalue weighted by atomic mass is 16.2. The fourth-order valence-electron chi connectivity index (χ4n) is 3.15. The summed E-state index contributed by atoms with van der Waals surface area (Å²) in [5.41, 5.74) is 6.56. The van der Waals surface area contributed by atoms with E-state index in [2.05, 4.69) is 53.5 Å². The van der Waals surface area contributed by atoms with Gasteiger partial charge < -0.3 is 5.32 Å². The molecule has 1 atom stereocenters. The van der Waals surface area contributed by atoms with Crippen LogP contribution < -0.4 is 10.6 Å². The van der Waals surface area contributed by atoms with Crippen molar-refractivity contribution in [3.05, 3.63) is 94.6 Å². The third kappa shape index (κ3) is 5.02. The number of pyridine rings is 2. The van der Waals surface area contributed by atoms with Gasteiger partial charge in [0.15, 0.2) is 0 Å². The number of benzene rings is 1.